The quantitative estimate of drug-likeness (QED) is 0.0188. The van der Waals surface area contributed by atoms with Gasteiger partial charge in [0.1, 0.15) is 40.7 Å². The molecule has 6 aliphatic heterocycles. The highest BCUT2D eigenvalue weighted by molar-refractivity contribution is 5.78. The number of unbranched alkanes of at least 4 members (excludes halogenated alkanes) is 4. The summed E-state index contributed by atoms with van der Waals surface area (Å²) < 4.78 is 163. The van der Waals surface area contributed by atoms with Crippen molar-refractivity contribution < 1.29 is 186 Å². The molecule has 0 saturated carbocycles. The largest absolute Gasteiger partial charge is 0.456 e. The van der Waals surface area contributed by atoms with Crippen LogP contribution in [0, 0.1) is 0 Å². The maximum absolute atomic E-state index is 14.2. The normalized spacial score (nSPS) is 23.8. The lowest BCUT2D eigenvalue weighted by molar-refractivity contribution is -0.251. The van der Waals surface area contributed by atoms with E-state index in [1.807, 2.05) is 0 Å². The first-order valence-corrected chi connectivity index (χ1v) is 47.2. The molecule has 141 heavy (non-hydrogen) atoms. The van der Waals surface area contributed by atoms with Gasteiger partial charge in [-0.25, -0.2) is 14.0 Å². The molecule has 6 aliphatic rings. The second kappa shape index (κ2) is 61.8. The van der Waals surface area contributed by atoms with Crippen LogP contribution in [0.5, 0.6) is 0 Å². The monoisotopic (exact) mass is 2020 g/mol. The molecule has 0 unspecified atom stereocenters. The second-order valence-corrected chi connectivity index (χ2v) is 34.2. The number of aliphatic hydroxyl groups excluding tert-OH is 1. The molecule has 0 spiro atoms. The number of nitrogens with zero attached hydrogens (tertiary/aromatic N) is 9. The number of esters is 6. The zero-order valence-electron chi connectivity index (χ0n) is 81.7. The number of hydrogen-bond donors (Lipinski definition) is 6. The molecule has 53 heteroatoms. The van der Waals surface area contributed by atoms with Crippen molar-refractivity contribution in [2.45, 2.75) is 249 Å². The Morgan fingerprint density at radius 1 is 0.355 bits per heavy atom. The van der Waals surface area contributed by atoms with Gasteiger partial charge in [0.25, 0.3) is 0 Å². The Morgan fingerprint density at radius 3 is 0.915 bits per heavy atom. The number of rotatable bonds is 75. The summed E-state index contributed by atoms with van der Waals surface area (Å²) in [5.74, 6) is -5.66. The van der Waals surface area contributed by atoms with Crippen molar-refractivity contribution in [1.29, 1.82) is 0 Å². The molecule has 3 aromatic heterocycles. The molecule has 9 heterocycles. The Kier molecular flexibility index (Phi) is 50.5. The third-order valence-corrected chi connectivity index (χ3v) is 22.1. The number of carbonyl (C=O) groups excluding carboxylic acids is 11. The molecule has 6 bridgehead atoms. The van der Waals surface area contributed by atoms with Crippen LogP contribution in [0.1, 0.15) is 131 Å². The van der Waals surface area contributed by atoms with E-state index in [1.165, 1.54) is 62.3 Å². The van der Waals surface area contributed by atoms with Gasteiger partial charge in [0, 0.05) is 88.3 Å². The molecular weight excluding hydrogens is 1880 g/mol. The summed E-state index contributed by atoms with van der Waals surface area (Å²) in [7, 11) is 0. The van der Waals surface area contributed by atoms with E-state index in [9.17, 15) is 52.7 Å². The van der Waals surface area contributed by atoms with Crippen molar-refractivity contribution in [3.05, 3.63) is 35.7 Å². The molecule has 5 amide bonds. The van der Waals surface area contributed by atoms with Gasteiger partial charge in [0.2, 0.25) is 29.5 Å². The molecule has 9 rings (SSSR count). The number of aromatic nitrogens is 9. The van der Waals surface area contributed by atoms with Crippen molar-refractivity contribution in [2.24, 2.45) is 0 Å². The topological polar surface area (TPSA) is 609 Å². The Balaban J connectivity index is 0.719. The van der Waals surface area contributed by atoms with Gasteiger partial charge in [-0.15, -0.1) is 15.3 Å². The number of fused-ring (bicyclic) bond motifs is 6. The lowest BCUT2D eigenvalue weighted by Crippen LogP contribution is -2.68. The van der Waals surface area contributed by atoms with Crippen LogP contribution < -0.4 is 26.6 Å². The van der Waals surface area contributed by atoms with Crippen LogP contribution in [-0.4, -0.2) is 423 Å². The van der Waals surface area contributed by atoms with E-state index in [2.05, 4.69) is 57.5 Å². The van der Waals surface area contributed by atoms with Crippen LogP contribution in [0.3, 0.4) is 0 Å². The fourth-order valence-corrected chi connectivity index (χ4v) is 16.0. The molecule has 6 N–H and O–H groups in total. The molecule has 6 fully saturated rings. The van der Waals surface area contributed by atoms with E-state index < -0.39 is 149 Å². The average Bonchev–Trinajstić information content (AvgIpc) is 1.61. The minimum absolute atomic E-state index is 0.0459. The van der Waals surface area contributed by atoms with Crippen molar-refractivity contribution in [1.82, 2.24) is 71.6 Å². The van der Waals surface area contributed by atoms with Gasteiger partial charge < -0.3 is 160 Å². The van der Waals surface area contributed by atoms with Gasteiger partial charge >= 0.3 is 35.8 Å². The number of amides is 5. The maximum Gasteiger partial charge on any atom is 0.303 e. The van der Waals surface area contributed by atoms with Crippen molar-refractivity contribution in [3.8, 4) is 0 Å². The number of hydrogen-bond acceptors (Lipinski definition) is 45. The fraction of sp³-hybridized carbons (Fsp3) is 0.807. The molecule has 796 valence electrons. The zero-order chi connectivity index (χ0) is 101. The summed E-state index contributed by atoms with van der Waals surface area (Å²) in [4.78, 5) is 136. The minimum atomic E-state index is -1.35. The molecule has 53 nitrogen and oxygen atoms in total. The Morgan fingerprint density at radius 2 is 0.631 bits per heavy atom. The number of aliphatic hydroxyl groups is 1. The van der Waals surface area contributed by atoms with Gasteiger partial charge in [-0.05, 0) is 25.7 Å². The highest BCUT2D eigenvalue weighted by Gasteiger charge is 2.66. The van der Waals surface area contributed by atoms with E-state index in [0.29, 0.717) is 81.8 Å². The van der Waals surface area contributed by atoms with E-state index in [1.54, 1.807) is 32.6 Å². The van der Waals surface area contributed by atoms with Crippen molar-refractivity contribution >= 4 is 65.4 Å². The highest BCUT2D eigenvalue weighted by Crippen LogP contribution is 2.44. The summed E-state index contributed by atoms with van der Waals surface area (Å²) >= 11 is 0. The summed E-state index contributed by atoms with van der Waals surface area (Å²) in [6, 6.07) is -2.84. The first-order chi connectivity index (χ1) is 68.0. The van der Waals surface area contributed by atoms with E-state index in [4.69, 9.17) is 133 Å². The highest BCUT2D eigenvalue weighted by atomic mass is 16.8. The molecule has 6 saturated heterocycles. The van der Waals surface area contributed by atoms with Crippen LogP contribution in [0.2, 0.25) is 0 Å². The lowest BCUT2D eigenvalue weighted by atomic mass is 9.87. The van der Waals surface area contributed by atoms with E-state index >= 15 is 0 Å². The Labute approximate surface area is 815 Å². The predicted molar refractivity (Wildman–Crippen MR) is 474 cm³/mol. The second-order valence-electron chi connectivity index (χ2n) is 34.2. The van der Waals surface area contributed by atoms with Gasteiger partial charge in [0.15, 0.2) is 72.3 Å². The first kappa shape index (κ1) is 115. The lowest BCUT2D eigenvalue weighted by Gasteiger charge is -2.45. The first-order valence-electron chi connectivity index (χ1n) is 47.2. The Bertz CT molecular complexity index is 3910. The molecule has 0 radical (unpaired) electrons. The molecular formula is C88H140N14O39. The third-order valence-electron chi connectivity index (χ3n) is 22.1. The van der Waals surface area contributed by atoms with Gasteiger partial charge in [-0.2, -0.15) is 0 Å². The summed E-state index contributed by atoms with van der Waals surface area (Å²) in [5, 5.41) is 49.1. The van der Waals surface area contributed by atoms with Crippen LogP contribution in [0.4, 0.5) is 0 Å². The van der Waals surface area contributed by atoms with Crippen LogP contribution in [0.25, 0.3) is 0 Å². The molecule has 0 aromatic carbocycles. The third kappa shape index (κ3) is 40.0. The standard InChI is InChI=1S/C88H140N14O39/c1-59(104)90-73-76(133-62(4)107)79(136-65(7)110)86(56-130-82(73)139-86)53-124-41-38-121-35-32-118-29-26-115-23-19-100-44-68(94-97-100)47-127-50-85(93-72(114)17-12-10-14-18-89-71(113)16-13-11-15-22-103,51-128-48-69-45-101(98-95-69)20-24-116-27-30-119-33-36-122-39-42-125-54-87-57-131-83(140-87)74(91-60(2)105)77(134-63(5)108)80(87)137-66(8)111)52-129-49-70-46-102(99-96-70)21-25-117-28-31-120-34-37-123-40-43-126-55-88-58-132-84(141-88)75(92-61(3)106)78(135-64(6)109)81(88)138-67(9)112/h44-46,73-84,103H,10-43,47-58H2,1-9H3,(H,89,113)(H,90,104)(H,91,105)(H,92,106)(H,93,114)/t73-,74-,75-,76-,77-,78-,79-,80-,81-,82+,83+,84+,86+,87+,88+/m1/s1. The van der Waals surface area contributed by atoms with Gasteiger partial charge in [-0.3, -0.25) is 52.7 Å². The van der Waals surface area contributed by atoms with Crippen LogP contribution >= 0.6 is 0 Å². The van der Waals surface area contributed by atoms with Gasteiger partial charge in [-0.1, -0.05) is 28.5 Å². The van der Waals surface area contributed by atoms with Crippen molar-refractivity contribution in [3.63, 3.8) is 0 Å². The number of ether oxygens (including phenoxy) is 27. The van der Waals surface area contributed by atoms with E-state index in [0.717, 1.165) is 6.42 Å². The summed E-state index contributed by atoms with van der Waals surface area (Å²) in [6.45, 7) is 16.2. The molecule has 0 aliphatic carbocycles. The van der Waals surface area contributed by atoms with Crippen molar-refractivity contribution in [2.75, 3.05) is 211 Å². The maximum atomic E-state index is 14.2. The smallest absolute Gasteiger partial charge is 0.303 e. The summed E-state index contributed by atoms with van der Waals surface area (Å²) in [5.41, 5.74) is -3.95. The van der Waals surface area contributed by atoms with Crippen LogP contribution in [0.15, 0.2) is 18.6 Å². The minimum Gasteiger partial charge on any atom is -0.456 e. The Hall–Kier alpha value is -9.29. The van der Waals surface area contributed by atoms with Gasteiger partial charge in [0.05, 0.1) is 256 Å². The SMILES string of the molecule is CC(=O)N[C@H]1[C@H]2OC[C@](COCCOCCOCCOCCn3cc(COCC(COCc4cn(CCOCCOCCOCCOC[C@@]56CO[C@@H](O5)[C@H](NC(C)=O)[C@@H](OC(C)=O)[C@H]6OC(C)=O)nn4)(COCc4cn(CCOCCOCCOCCOC[C@@]56CO[C@@H](O5)[C@H](NC(C)=O)[C@@H](OC(C)=O)[C@H]6OC(C)=O)nn4)NC(=O)CCCCCNC(=O)CCCCCO)nn3)(O2)[C@H](OC(C)=O)[C@@H]1OC(C)=O. The number of carbonyl (C=O) groups is 11. The zero-order valence-corrected chi connectivity index (χ0v) is 81.7. The molecule has 15 atom stereocenters. The number of nitrogens with one attached hydrogen (secondary N) is 5. The van der Waals surface area contributed by atoms with Crippen LogP contribution in [-0.2, 0) is 220 Å². The molecule has 3 aromatic rings. The fourth-order valence-electron chi connectivity index (χ4n) is 16.0. The summed E-state index contributed by atoms with van der Waals surface area (Å²) in [6.07, 6.45) is -0.421. The predicted octanol–water partition coefficient (Wildman–Crippen LogP) is -2.82. The average molecular weight is 2020 g/mol. The van der Waals surface area contributed by atoms with E-state index in [-0.39, 0.29) is 243 Å².